The minimum atomic E-state index is 0.0257. The maximum Gasteiger partial charge on any atom is 0.241 e. The normalized spacial score (nSPS) is 32.0. The second kappa shape index (κ2) is 6.49. The van der Waals surface area contributed by atoms with Crippen LogP contribution in [0.5, 0.6) is 0 Å². The highest BCUT2D eigenvalue weighted by Crippen LogP contribution is 2.28. The summed E-state index contributed by atoms with van der Waals surface area (Å²) in [6.45, 7) is 9.70. The Hall–Kier alpha value is -0.220. The van der Waals surface area contributed by atoms with Crippen molar-refractivity contribution < 1.29 is 4.79 Å². The number of thioether (sulfide) groups is 1. The third kappa shape index (κ3) is 3.66. The Morgan fingerprint density at radius 1 is 1.37 bits per heavy atom. The number of carbonyl (C=O) groups is 1. The highest BCUT2D eigenvalue weighted by molar-refractivity contribution is 7.99. The average molecular weight is 284 g/mol. The van der Waals surface area contributed by atoms with Crippen molar-refractivity contribution in [1.29, 1.82) is 0 Å². The fourth-order valence-corrected chi connectivity index (χ4v) is 4.31. The van der Waals surface area contributed by atoms with Gasteiger partial charge in [-0.3, -0.25) is 10.1 Å². The van der Waals surface area contributed by atoms with Gasteiger partial charge in [-0.2, -0.15) is 11.8 Å². The van der Waals surface area contributed by atoms with E-state index in [0.717, 1.165) is 13.0 Å². The van der Waals surface area contributed by atoms with Gasteiger partial charge in [0.15, 0.2) is 0 Å². The molecule has 2 aliphatic heterocycles. The lowest BCUT2D eigenvalue weighted by Gasteiger charge is -2.27. The van der Waals surface area contributed by atoms with Gasteiger partial charge in [0.05, 0.1) is 12.2 Å². The lowest BCUT2D eigenvalue weighted by Crippen LogP contribution is -2.41. The van der Waals surface area contributed by atoms with Gasteiger partial charge in [0.2, 0.25) is 5.91 Å². The summed E-state index contributed by atoms with van der Waals surface area (Å²) < 4.78 is 0. The minimum Gasteiger partial charge on any atom is -0.325 e. The number of nitrogens with zero attached hydrogens (tertiary/aromatic N) is 1. The van der Waals surface area contributed by atoms with E-state index in [2.05, 4.69) is 37.9 Å². The van der Waals surface area contributed by atoms with Gasteiger partial charge in [-0.05, 0) is 42.1 Å². The lowest BCUT2D eigenvalue weighted by atomic mass is 10.0. The number of rotatable bonds is 5. The molecule has 2 heterocycles. The summed E-state index contributed by atoms with van der Waals surface area (Å²) in [5.74, 6) is 4.53. The van der Waals surface area contributed by atoms with Crippen molar-refractivity contribution >= 4 is 17.7 Å². The second-order valence-electron chi connectivity index (χ2n) is 6.75. The van der Waals surface area contributed by atoms with Gasteiger partial charge in [0.25, 0.3) is 0 Å². The van der Waals surface area contributed by atoms with Crippen molar-refractivity contribution in [2.24, 2.45) is 17.8 Å². The van der Waals surface area contributed by atoms with E-state index in [-0.39, 0.29) is 12.2 Å². The Kier molecular flexibility index (Phi) is 5.18. The summed E-state index contributed by atoms with van der Waals surface area (Å²) in [4.78, 5) is 14.7. The van der Waals surface area contributed by atoms with Gasteiger partial charge in [-0.15, -0.1) is 0 Å². The van der Waals surface area contributed by atoms with Crippen molar-refractivity contribution in [3.8, 4) is 0 Å². The molecule has 0 aromatic rings. The maximum atomic E-state index is 12.6. The molecule has 110 valence electrons. The molecule has 3 nitrogen and oxygen atoms in total. The quantitative estimate of drug-likeness (QED) is 0.842. The number of hydrogen-bond donors (Lipinski definition) is 1. The molecule has 19 heavy (non-hydrogen) atoms. The van der Waals surface area contributed by atoms with Crippen LogP contribution in [0.1, 0.15) is 40.5 Å². The molecule has 0 saturated carbocycles. The van der Waals surface area contributed by atoms with E-state index >= 15 is 0 Å². The summed E-state index contributed by atoms with van der Waals surface area (Å²) in [7, 11) is 0. The molecule has 0 bridgehead atoms. The number of carbonyl (C=O) groups excluding carboxylic acids is 1. The van der Waals surface area contributed by atoms with E-state index in [0.29, 0.717) is 23.7 Å². The smallest absolute Gasteiger partial charge is 0.241 e. The number of hydrogen-bond acceptors (Lipinski definition) is 3. The summed E-state index contributed by atoms with van der Waals surface area (Å²) in [5, 5.41) is 3.57. The summed E-state index contributed by atoms with van der Waals surface area (Å²) >= 11 is 2.03. The predicted molar refractivity (Wildman–Crippen MR) is 82.1 cm³/mol. The Bertz CT molecular complexity index is 313. The zero-order valence-corrected chi connectivity index (χ0v) is 13.5. The fourth-order valence-electron chi connectivity index (χ4n) is 3.04. The molecule has 0 radical (unpaired) electrons. The Balaban J connectivity index is 2.03. The first kappa shape index (κ1) is 15.2. The van der Waals surface area contributed by atoms with E-state index in [4.69, 9.17) is 0 Å². The molecular formula is C15H28N2OS. The van der Waals surface area contributed by atoms with Crippen LogP contribution in [0.4, 0.5) is 0 Å². The van der Waals surface area contributed by atoms with Crippen molar-refractivity contribution in [2.75, 3.05) is 18.1 Å². The molecule has 0 aromatic heterocycles. The molecular weight excluding hydrogens is 256 g/mol. The fraction of sp³-hybridized carbons (Fsp3) is 0.933. The third-order valence-corrected chi connectivity index (χ3v) is 5.37. The molecule has 3 unspecified atom stereocenters. The molecule has 2 rings (SSSR count). The van der Waals surface area contributed by atoms with Crippen LogP contribution in [0, 0.1) is 17.8 Å². The first-order chi connectivity index (χ1) is 8.99. The summed E-state index contributed by atoms with van der Waals surface area (Å²) in [5.41, 5.74) is 0. The van der Waals surface area contributed by atoms with Gasteiger partial charge in [-0.25, -0.2) is 0 Å². The topological polar surface area (TPSA) is 32.3 Å². The van der Waals surface area contributed by atoms with Crippen LogP contribution in [0.15, 0.2) is 0 Å². The van der Waals surface area contributed by atoms with Crippen molar-refractivity contribution in [2.45, 2.75) is 52.7 Å². The zero-order valence-electron chi connectivity index (χ0n) is 12.7. The first-order valence-electron chi connectivity index (χ1n) is 7.63. The molecule has 2 fully saturated rings. The molecule has 1 amide bonds. The molecule has 0 aliphatic carbocycles. The predicted octanol–water partition coefficient (Wildman–Crippen LogP) is 2.57. The standard InChI is InChI=1S/C15H28N2OS/c1-10(2)7-13-16-14(11(3)4)15(18)17(13)8-12-5-6-19-9-12/h10-14,16H,5-9H2,1-4H3. The van der Waals surface area contributed by atoms with Gasteiger partial charge in [0, 0.05) is 6.54 Å². The van der Waals surface area contributed by atoms with Crippen LogP contribution in [-0.2, 0) is 4.79 Å². The van der Waals surface area contributed by atoms with Crippen LogP contribution in [0.2, 0.25) is 0 Å². The second-order valence-corrected chi connectivity index (χ2v) is 7.90. The van der Waals surface area contributed by atoms with Crippen LogP contribution in [0.25, 0.3) is 0 Å². The first-order valence-corrected chi connectivity index (χ1v) is 8.78. The van der Waals surface area contributed by atoms with Crippen LogP contribution < -0.4 is 5.32 Å². The Labute approximate surface area is 121 Å². The molecule has 4 heteroatoms. The summed E-state index contributed by atoms with van der Waals surface area (Å²) in [6, 6.07) is 0.0257. The van der Waals surface area contributed by atoms with Gasteiger partial charge in [0.1, 0.15) is 0 Å². The van der Waals surface area contributed by atoms with E-state index in [1.54, 1.807) is 0 Å². The third-order valence-electron chi connectivity index (χ3n) is 4.14. The zero-order chi connectivity index (χ0) is 14.0. The molecule has 0 spiro atoms. The maximum absolute atomic E-state index is 12.6. The van der Waals surface area contributed by atoms with Gasteiger partial charge >= 0.3 is 0 Å². The largest absolute Gasteiger partial charge is 0.325 e. The highest BCUT2D eigenvalue weighted by atomic mass is 32.2. The molecule has 3 atom stereocenters. The average Bonchev–Trinajstić information content (AvgIpc) is 2.91. The van der Waals surface area contributed by atoms with Crippen molar-refractivity contribution in [1.82, 2.24) is 10.2 Å². The van der Waals surface area contributed by atoms with Crippen LogP contribution in [-0.4, -0.2) is 41.1 Å². The molecule has 1 N–H and O–H groups in total. The van der Waals surface area contributed by atoms with Gasteiger partial charge < -0.3 is 4.90 Å². The van der Waals surface area contributed by atoms with Gasteiger partial charge in [-0.1, -0.05) is 27.7 Å². The van der Waals surface area contributed by atoms with Crippen molar-refractivity contribution in [3.05, 3.63) is 0 Å². The highest BCUT2D eigenvalue weighted by Gasteiger charge is 2.41. The van der Waals surface area contributed by atoms with Crippen molar-refractivity contribution in [3.63, 3.8) is 0 Å². The monoisotopic (exact) mass is 284 g/mol. The van der Waals surface area contributed by atoms with Crippen LogP contribution >= 0.6 is 11.8 Å². The Morgan fingerprint density at radius 2 is 2.11 bits per heavy atom. The molecule has 2 saturated heterocycles. The van der Waals surface area contributed by atoms with Crippen LogP contribution in [0.3, 0.4) is 0 Å². The molecule has 0 aromatic carbocycles. The minimum absolute atomic E-state index is 0.0257. The number of nitrogens with one attached hydrogen (secondary N) is 1. The van der Waals surface area contributed by atoms with E-state index in [9.17, 15) is 4.79 Å². The van der Waals surface area contributed by atoms with E-state index in [1.807, 2.05) is 11.8 Å². The number of amides is 1. The SMILES string of the molecule is CC(C)CC1NC(C(C)C)C(=O)N1CC1CCSC1. The lowest BCUT2D eigenvalue weighted by molar-refractivity contribution is -0.131. The molecule has 2 aliphatic rings. The van der Waals surface area contributed by atoms with E-state index < -0.39 is 0 Å². The summed E-state index contributed by atoms with van der Waals surface area (Å²) in [6.07, 6.45) is 2.59. The Morgan fingerprint density at radius 3 is 2.63 bits per heavy atom. The van der Waals surface area contributed by atoms with E-state index in [1.165, 1.54) is 17.9 Å².